The van der Waals surface area contributed by atoms with E-state index in [0.717, 1.165) is 54.2 Å². The molecule has 170 valence electrons. The van der Waals surface area contributed by atoms with Crippen LogP contribution in [-0.4, -0.2) is 41.3 Å². The van der Waals surface area contributed by atoms with E-state index >= 15 is 0 Å². The Balaban J connectivity index is 1.34. The van der Waals surface area contributed by atoms with Crippen LogP contribution in [0, 0.1) is 11.3 Å². The zero-order valence-electron chi connectivity index (χ0n) is 18.7. The number of carbonyl (C=O) groups is 2. The number of rotatable bonds is 3. The van der Waals surface area contributed by atoms with Crippen LogP contribution in [0.5, 0.6) is 5.75 Å². The van der Waals surface area contributed by atoms with Gasteiger partial charge in [0.2, 0.25) is 5.91 Å². The fraction of sp³-hybridized carbons (Fsp3) is 0.308. The molecular weight excluding hydrogens is 430 g/mol. The summed E-state index contributed by atoms with van der Waals surface area (Å²) in [6.45, 7) is 1.84. The van der Waals surface area contributed by atoms with Crippen LogP contribution in [-0.2, 0) is 17.6 Å². The number of fused-ring (bicyclic) bond motifs is 2. The highest BCUT2D eigenvalue weighted by Gasteiger charge is 2.33. The Morgan fingerprint density at radius 1 is 0.882 bits per heavy atom. The fourth-order valence-electron chi connectivity index (χ4n) is 5.08. The SMILES string of the molecule is N#Cc1nn(-c2ccc3c(c2)CCO3)c2c1CCN(c1ccc(N3CCCCC3=O)cc1)C2=O. The Labute approximate surface area is 196 Å². The van der Waals surface area contributed by atoms with Crippen LogP contribution in [0.15, 0.2) is 42.5 Å². The van der Waals surface area contributed by atoms with E-state index in [1.165, 1.54) is 0 Å². The second-order valence-electron chi connectivity index (χ2n) is 8.82. The van der Waals surface area contributed by atoms with Crippen molar-refractivity contribution in [1.29, 1.82) is 5.26 Å². The fourth-order valence-corrected chi connectivity index (χ4v) is 5.08. The monoisotopic (exact) mass is 453 g/mol. The molecule has 2 amide bonds. The summed E-state index contributed by atoms with van der Waals surface area (Å²) < 4.78 is 7.20. The van der Waals surface area contributed by atoms with E-state index in [1.807, 2.05) is 47.4 Å². The van der Waals surface area contributed by atoms with Crippen LogP contribution in [0.3, 0.4) is 0 Å². The molecular formula is C26H23N5O3. The van der Waals surface area contributed by atoms with Crippen LogP contribution in [0.1, 0.15) is 46.6 Å². The Morgan fingerprint density at radius 2 is 1.65 bits per heavy atom. The summed E-state index contributed by atoms with van der Waals surface area (Å²) >= 11 is 0. The van der Waals surface area contributed by atoms with Gasteiger partial charge in [-0.15, -0.1) is 0 Å². The topological polar surface area (TPSA) is 91.5 Å². The van der Waals surface area contributed by atoms with Crippen molar-refractivity contribution in [2.24, 2.45) is 0 Å². The molecule has 3 aliphatic rings. The maximum Gasteiger partial charge on any atom is 0.277 e. The molecule has 1 aromatic heterocycles. The standard InChI is InChI=1S/C26H23N5O3/c27-16-22-21-10-13-30(19-6-4-18(5-7-19)29-12-2-1-3-24(29)32)26(33)25(21)31(28-22)20-8-9-23-17(15-20)11-14-34-23/h4-9,15H,1-3,10-14H2. The maximum absolute atomic E-state index is 13.7. The van der Waals surface area contributed by atoms with E-state index in [-0.39, 0.29) is 11.8 Å². The Hall–Kier alpha value is -4.12. The maximum atomic E-state index is 13.7. The number of amides is 2. The quantitative estimate of drug-likeness (QED) is 0.606. The highest BCUT2D eigenvalue weighted by molar-refractivity contribution is 6.08. The minimum absolute atomic E-state index is 0.144. The Bertz CT molecular complexity index is 1350. The molecule has 3 aliphatic heterocycles. The van der Waals surface area contributed by atoms with Crippen LogP contribution >= 0.6 is 0 Å². The van der Waals surface area contributed by atoms with E-state index in [0.29, 0.717) is 42.9 Å². The van der Waals surface area contributed by atoms with Gasteiger partial charge in [0.25, 0.3) is 5.91 Å². The van der Waals surface area contributed by atoms with Crippen molar-refractivity contribution in [1.82, 2.24) is 9.78 Å². The van der Waals surface area contributed by atoms with Crippen molar-refractivity contribution in [3.63, 3.8) is 0 Å². The minimum atomic E-state index is -0.186. The third-order valence-electron chi connectivity index (χ3n) is 6.84. The third-order valence-corrected chi connectivity index (χ3v) is 6.84. The summed E-state index contributed by atoms with van der Waals surface area (Å²) in [5.41, 5.74) is 4.85. The smallest absolute Gasteiger partial charge is 0.277 e. The van der Waals surface area contributed by atoms with Gasteiger partial charge in [0.1, 0.15) is 17.5 Å². The van der Waals surface area contributed by atoms with Crippen LogP contribution < -0.4 is 14.5 Å². The highest BCUT2D eigenvalue weighted by atomic mass is 16.5. The van der Waals surface area contributed by atoms with E-state index in [2.05, 4.69) is 11.2 Å². The second-order valence-corrected chi connectivity index (χ2v) is 8.82. The summed E-state index contributed by atoms with van der Waals surface area (Å²) in [5, 5.41) is 14.1. The number of ether oxygens (including phenoxy) is 1. The first-order valence-corrected chi connectivity index (χ1v) is 11.6. The summed E-state index contributed by atoms with van der Waals surface area (Å²) in [6, 6.07) is 15.5. The van der Waals surface area contributed by atoms with Gasteiger partial charge in [0.15, 0.2) is 5.69 Å². The van der Waals surface area contributed by atoms with Crippen molar-refractivity contribution in [3.8, 4) is 17.5 Å². The van der Waals surface area contributed by atoms with Crippen LogP contribution in [0.4, 0.5) is 11.4 Å². The first-order chi connectivity index (χ1) is 16.6. The molecule has 0 spiro atoms. The molecule has 1 saturated heterocycles. The van der Waals surface area contributed by atoms with Crippen LogP contribution in [0.2, 0.25) is 0 Å². The lowest BCUT2D eigenvalue weighted by atomic mass is 10.0. The highest BCUT2D eigenvalue weighted by Crippen LogP contribution is 2.32. The molecule has 0 saturated carbocycles. The Morgan fingerprint density at radius 3 is 2.41 bits per heavy atom. The van der Waals surface area contributed by atoms with Crippen molar-refractivity contribution in [2.75, 3.05) is 29.5 Å². The number of nitrogens with zero attached hydrogens (tertiary/aromatic N) is 5. The molecule has 0 radical (unpaired) electrons. The number of benzene rings is 2. The molecule has 4 heterocycles. The van der Waals surface area contributed by atoms with Gasteiger partial charge in [-0.3, -0.25) is 9.59 Å². The van der Waals surface area contributed by atoms with Crippen LogP contribution in [0.25, 0.3) is 5.69 Å². The molecule has 0 aliphatic carbocycles. The lowest BCUT2D eigenvalue weighted by Crippen LogP contribution is -2.39. The largest absolute Gasteiger partial charge is 0.493 e. The summed E-state index contributed by atoms with van der Waals surface area (Å²) in [6.07, 6.45) is 3.87. The van der Waals surface area contributed by atoms with Gasteiger partial charge in [0, 0.05) is 42.9 Å². The normalized spacial score (nSPS) is 17.3. The van der Waals surface area contributed by atoms with Gasteiger partial charge in [0.05, 0.1) is 12.3 Å². The first kappa shape index (κ1) is 20.5. The van der Waals surface area contributed by atoms with E-state index in [4.69, 9.17) is 4.74 Å². The molecule has 8 nitrogen and oxygen atoms in total. The number of carbonyl (C=O) groups excluding carboxylic acids is 2. The Kier molecular flexibility index (Phi) is 4.84. The molecule has 3 aromatic rings. The number of piperidine rings is 1. The number of nitriles is 1. The van der Waals surface area contributed by atoms with Gasteiger partial charge >= 0.3 is 0 Å². The molecule has 1 fully saturated rings. The molecule has 8 heteroatoms. The third kappa shape index (κ3) is 3.24. The lowest BCUT2D eigenvalue weighted by molar-refractivity contribution is -0.119. The predicted molar refractivity (Wildman–Crippen MR) is 126 cm³/mol. The molecule has 0 atom stereocenters. The van der Waals surface area contributed by atoms with Crippen molar-refractivity contribution >= 4 is 23.2 Å². The van der Waals surface area contributed by atoms with Crippen molar-refractivity contribution in [3.05, 3.63) is 65.0 Å². The molecule has 0 bridgehead atoms. The average molecular weight is 454 g/mol. The van der Waals surface area contributed by atoms with E-state index in [9.17, 15) is 14.9 Å². The molecule has 0 unspecified atom stereocenters. The molecule has 0 N–H and O–H groups in total. The van der Waals surface area contributed by atoms with Gasteiger partial charge in [-0.25, -0.2) is 4.68 Å². The van der Waals surface area contributed by atoms with Gasteiger partial charge < -0.3 is 14.5 Å². The van der Waals surface area contributed by atoms with E-state index < -0.39 is 0 Å². The van der Waals surface area contributed by atoms with Gasteiger partial charge in [-0.2, -0.15) is 10.4 Å². The zero-order chi connectivity index (χ0) is 23.2. The second kappa shape index (κ2) is 8.03. The minimum Gasteiger partial charge on any atom is -0.493 e. The summed E-state index contributed by atoms with van der Waals surface area (Å²) in [7, 11) is 0. The predicted octanol–water partition coefficient (Wildman–Crippen LogP) is 3.40. The first-order valence-electron chi connectivity index (χ1n) is 11.6. The number of aromatic nitrogens is 2. The zero-order valence-corrected chi connectivity index (χ0v) is 18.7. The summed E-state index contributed by atoms with van der Waals surface area (Å²) in [4.78, 5) is 29.5. The average Bonchev–Trinajstić information content (AvgIpc) is 3.49. The molecule has 6 rings (SSSR count). The van der Waals surface area contributed by atoms with E-state index in [1.54, 1.807) is 9.58 Å². The lowest BCUT2D eigenvalue weighted by Gasteiger charge is -2.29. The number of anilines is 2. The number of hydrogen-bond acceptors (Lipinski definition) is 5. The van der Waals surface area contributed by atoms with Gasteiger partial charge in [-0.1, -0.05) is 0 Å². The molecule has 2 aromatic carbocycles. The number of hydrogen-bond donors (Lipinski definition) is 0. The summed E-state index contributed by atoms with van der Waals surface area (Å²) in [5.74, 6) is 0.810. The van der Waals surface area contributed by atoms with Crippen molar-refractivity contribution in [2.45, 2.75) is 32.1 Å². The van der Waals surface area contributed by atoms with Crippen molar-refractivity contribution < 1.29 is 14.3 Å². The molecule has 34 heavy (non-hydrogen) atoms. The van der Waals surface area contributed by atoms with Gasteiger partial charge in [-0.05, 0) is 67.3 Å².